The lowest BCUT2D eigenvalue weighted by atomic mass is 10.3. The second kappa shape index (κ2) is 6.45. The van der Waals surface area contributed by atoms with Crippen LogP contribution in [0.2, 0.25) is 0 Å². The lowest BCUT2D eigenvalue weighted by Crippen LogP contribution is -2.15. The van der Waals surface area contributed by atoms with E-state index in [4.69, 9.17) is 14.9 Å². The summed E-state index contributed by atoms with van der Waals surface area (Å²) in [6.45, 7) is 2.42. The summed E-state index contributed by atoms with van der Waals surface area (Å²) in [5.41, 5.74) is 5.82. The number of carbonyl (C=O) groups is 1. The maximum Gasteiger partial charge on any atom is 0.332 e. The van der Waals surface area contributed by atoms with Crippen molar-refractivity contribution in [1.29, 1.82) is 0 Å². The highest BCUT2D eigenvalue weighted by molar-refractivity contribution is 6.02. The molecule has 1 amide bonds. The quantitative estimate of drug-likeness (QED) is 0.555. The van der Waals surface area contributed by atoms with Gasteiger partial charge in [0.2, 0.25) is 0 Å². The molecule has 1 aromatic carbocycles. The number of aromatic amines is 1. The van der Waals surface area contributed by atoms with E-state index in [1.807, 2.05) is 6.92 Å². The first-order valence-electron chi connectivity index (χ1n) is 8.18. The third-order valence-electron chi connectivity index (χ3n) is 3.92. The number of primary amides is 1. The zero-order chi connectivity index (χ0) is 19.0. The topological polar surface area (TPSA) is 129 Å². The molecule has 0 aliphatic heterocycles. The van der Waals surface area contributed by atoms with Gasteiger partial charge in [0, 0.05) is 0 Å². The van der Waals surface area contributed by atoms with E-state index in [9.17, 15) is 9.59 Å². The Hall–Kier alpha value is -3.88. The molecule has 0 fully saturated rings. The number of hydrogen-bond donors (Lipinski definition) is 2. The number of imidazole rings is 1. The number of H-pyrrole nitrogens is 1. The van der Waals surface area contributed by atoms with E-state index in [1.54, 1.807) is 36.4 Å². The average molecular weight is 365 g/mol. The number of benzene rings is 1. The van der Waals surface area contributed by atoms with Gasteiger partial charge in [0.25, 0.3) is 5.91 Å². The summed E-state index contributed by atoms with van der Waals surface area (Å²) < 4.78 is 12.1. The summed E-state index contributed by atoms with van der Waals surface area (Å²) in [7, 11) is 0. The van der Waals surface area contributed by atoms with Crippen LogP contribution in [0, 0.1) is 0 Å². The molecule has 0 bridgehead atoms. The minimum absolute atomic E-state index is 0.0896. The largest absolute Gasteiger partial charge is 0.494 e. The SMILES string of the molecule is CCOc1ccc(-n2c(=O)[nH]c3c(C(N)=O)nc(-c4ccco4)nc32)cc1. The molecule has 0 atom stereocenters. The maximum absolute atomic E-state index is 12.6. The van der Waals surface area contributed by atoms with Gasteiger partial charge in [-0.3, -0.25) is 4.79 Å². The number of rotatable bonds is 5. The van der Waals surface area contributed by atoms with Crippen LogP contribution in [0.4, 0.5) is 0 Å². The molecule has 3 aromatic heterocycles. The Morgan fingerprint density at radius 2 is 2.04 bits per heavy atom. The second-order valence-electron chi connectivity index (χ2n) is 5.63. The molecule has 0 saturated heterocycles. The molecule has 136 valence electrons. The third kappa shape index (κ3) is 2.84. The van der Waals surface area contributed by atoms with Crippen molar-refractivity contribution in [2.45, 2.75) is 6.92 Å². The van der Waals surface area contributed by atoms with Crippen molar-refractivity contribution in [2.75, 3.05) is 6.61 Å². The van der Waals surface area contributed by atoms with E-state index in [1.165, 1.54) is 10.8 Å². The predicted octanol–water partition coefficient (Wildman–Crippen LogP) is 1.87. The van der Waals surface area contributed by atoms with E-state index < -0.39 is 11.6 Å². The summed E-state index contributed by atoms with van der Waals surface area (Å²) in [5, 5.41) is 0. The minimum Gasteiger partial charge on any atom is -0.494 e. The van der Waals surface area contributed by atoms with Crippen LogP contribution in [0.5, 0.6) is 5.75 Å². The monoisotopic (exact) mass is 365 g/mol. The van der Waals surface area contributed by atoms with Crippen molar-refractivity contribution in [3.8, 4) is 23.0 Å². The molecule has 4 rings (SSSR count). The van der Waals surface area contributed by atoms with Gasteiger partial charge in [-0.2, -0.15) is 0 Å². The highest BCUT2D eigenvalue weighted by Gasteiger charge is 2.21. The van der Waals surface area contributed by atoms with Gasteiger partial charge >= 0.3 is 5.69 Å². The first-order valence-corrected chi connectivity index (χ1v) is 8.18. The summed E-state index contributed by atoms with van der Waals surface area (Å²) in [6, 6.07) is 10.2. The Kier molecular flexibility index (Phi) is 3.96. The molecular weight excluding hydrogens is 350 g/mol. The fraction of sp³-hybridized carbons (Fsp3) is 0.111. The highest BCUT2D eigenvalue weighted by atomic mass is 16.5. The number of aromatic nitrogens is 4. The number of carbonyl (C=O) groups excluding carboxylic acids is 1. The fourth-order valence-corrected chi connectivity index (χ4v) is 2.78. The summed E-state index contributed by atoms with van der Waals surface area (Å²) >= 11 is 0. The van der Waals surface area contributed by atoms with Crippen LogP contribution in [0.3, 0.4) is 0 Å². The number of nitrogens with two attached hydrogens (primary N) is 1. The van der Waals surface area contributed by atoms with Crippen molar-refractivity contribution in [3.63, 3.8) is 0 Å². The van der Waals surface area contributed by atoms with E-state index in [0.29, 0.717) is 23.8 Å². The number of nitrogens with one attached hydrogen (secondary N) is 1. The number of fused-ring (bicyclic) bond motifs is 1. The maximum atomic E-state index is 12.6. The second-order valence-corrected chi connectivity index (χ2v) is 5.63. The number of nitrogens with zero attached hydrogens (tertiary/aromatic N) is 3. The van der Waals surface area contributed by atoms with Crippen molar-refractivity contribution in [2.24, 2.45) is 5.73 Å². The van der Waals surface area contributed by atoms with Crippen LogP contribution < -0.4 is 16.2 Å². The van der Waals surface area contributed by atoms with Gasteiger partial charge in [-0.15, -0.1) is 0 Å². The van der Waals surface area contributed by atoms with Crippen LogP contribution in [0.15, 0.2) is 51.9 Å². The lowest BCUT2D eigenvalue weighted by molar-refractivity contribution is 0.0997. The third-order valence-corrected chi connectivity index (χ3v) is 3.92. The molecular formula is C18H15N5O4. The molecule has 0 saturated carbocycles. The molecule has 4 aromatic rings. The summed E-state index contributed by atoms with van der Waals surface area (Å²) in [6.07, 6.45) is 1.46. The zero-order valence-corrected chi connectivity index (χ0v) is 14.3. The van der Waals surface area contributed by atoms with Crippen LogP contribution in [-0.4, -0.2) is 32.0 Å². The van der Waals surface area contributed by atoms with Crippen molar-refractivity contribution in [1.82, 2.24) is 19.5 Å². The van der Waals surface area contributed by atoms with Gasteiger partial charge in [0.15, 0.2) is 22.9 Å². The van der Waals surface area contributed by atoms with Crippen molar-refractivity contribution < 1.29 is 13.9 Å². The lowest BCUT2D eigenvalue weighted by Gasteiger charge is -2.07. The van der Waals surface area contributed by atoms with Crippen LogP contribution >= 0.6 is 0 Å². The van der Waals surface area contributed by atoms with Gasteiger partial charge in [0.05, 0.1) is 18.6 Å². The zero-order valence-electron chi connectivity index (χ0n) is 14.3. The van der Waals surface area contributed by atoms with E-state index in [0.717, 1.165) is 0 Å². The molecule has 9 nitrogen and oxygen atoms in total. The number of ether oxygens (including phenoxy) is 1. The Bertz CT molecular complexity index is 1170. The molecule has 27 heavy (non-hydrogen) atoms. The molecule has 9 heteroatoms. The van der Waals surface area contributed by atoms with Gasteiger partial charge < -0.3 is 19.9 Å². The average Bonchev–Trinajstić information content (AvgIpc) is 3.29. The van der Waals surface area contributed by atoms with E-state index in [2.05, 4.69) is 15.0 Å². The van der Waals surface area contributed by atoms with E-state index >= 15 is 0 Å². The standard InChI is InChI=1S/C18H15N5O4/c1-2-26-11-7-5-10(6-8-11)23-17-14(21-18(23)25)13(15(19)24)20-16(22-17)12-4-3-9-27-12/h3-9H,2H2,1H3,(H2,19,24)(H,21,25). The molecule has 0 aliphatic carbocycles. The van der Waals surface area contributed by atoms with Gasteiger partial charge in [-0.05, 0) is 43.3 Å². The molecule has 3 N–H and O–H groups in total. The Balaban J connectivity index is 1.97. The first-order chi connectivity index (χ1) is 13.1. The number of furan rings is 1. The summed E-state index contributed by atoms with van der Waals surface area (Å²) in [5.74, 6) is 0.402. The van der Waals surface area contributed by atoms with Crippen molar-refractivity contribution in [3.05, 3.63) is 58.8 Å². The molecule has 3 heterocycles. The van der Waals surface area contributed by atoms with Crippen LogP contribution in [-0.2, 0) is 0 Å². The molecule has 0 aliphatic rings. The molecule has 0 spiro atoms. The smallest absolute Gasteiger partial charge is 0.332 e. The van der Waals surface area contributed by atoms with Gasteiger partial charge in [-0.1, -0.05) is 0 Å². The van der Waals surface area contributed by atoms with Crippen molar-refractivity contribution >= 4 is 17.1 Å². The van der Waals surface area contributed by atoms with Gasteiger partial charge in [-0.25, -0.2) is 19.3 Å². The number of hydrogen-bond acceptors (Lipinski definition) is 6. The highest BCUT2D eigenvalue weighted by Crippen LogP contribution is 2.23. The summed E-state index contributed by atoms with van der Waals surface area (Å²) in [4.78, 5) is 35.6. The predicted molar refractivity (Wildman–Crippen MR) is 96.9 cm³/mol. The van der Waals surface area contributed by atoms with E-state index in [-0.39, 0.29) is 22.7 Å². The first kappa shape index (κ1) is 16.6. The van der Waals surface area contributed by atoms with Crippen LogP contribution in [0.25, 0.3) is 28.4 Å². The minimum atomic E-state index is -0.782. The molecule has 0 unspecified atom stereocenters. The Morgan fingerprint density at radius 1 is 1.26 bits per heavy atom. The van der Waals surface area contributed by atoms with Gasteiger partial charge in [0.1, 0.15) is 11.3 Å². The van der Waals surface area contributed by atoms with Crippen LogP contribution in [0.1, 0.15) is 17.4 Å². The Morgan fingerprint density at radius 3 is 2.67 bits per heavy atom. The Labute approximate surface area is 152 Å². The normalized spacial score (nSPS) is 11.0. The molecule has 0 radical (unpaired) electrons. The fourth-order valence-electron chi connectivity index (χ4n) is 2.78. The number of amides is 1.